The number of halogens is 2. The molecule has 2 rings (SSSR count). The molecule has 1 aliphatic carbocycles. The van der Waals surface area contributed by atoms with Gasteiger partial charge >= 0.3 is 0 Å². The van der Waals surface area contributed by atoms with Crippen LogP contribution >= 0.6 is 0 Å². The minimum atomic E-state index is -0.849. The van der Waals surface area contributed by atoms with E-state index < -0.39 is 11.6 Å². The van der Waals surface area contributed by atoms with E-state index in [1.807, 2.05) is 7.05 Å². The summed E-state index contributed by atoms with van der Waals surface area (Å²) in [4.78, 5) is 13.8. The smallest absolute Gasteiger partial charge is 0.226 e. The third-order valence-electron chi connectivity index (χ3n) is 3.55. The van der Waals surface area contributed by atoms with Gasteiger partial charge in [-0.25, -0.2) is 8.78 Å². The first-order valence-corrected chi connectivity index (χ1v) is 6.39. The molecule has 0 saturated heterocycles. The first-order valence-electron chi connectivity index (χ1n) is 6.39. The van der Waals surface area contributed by atoms with Crippen molar-refractivity contribution in [2.24, 2.45) is 5.92 Å². The van der Waals surface area contributed by atoms with Gasteiger partial charge in [-0.1, -0.05) is 6.07 Å². The molecule has 104 valence electrons. The molecule has 0 aromatic heterocycles. The normalized spacial score (nSPS) is 21.3. The summed E-state index contributed by atoms with van der Waals surface area (Å²) < 4.78 is 26.0. The summed E-state index contributed by atoms with van der Waals surface area (Å²) in [5, 5.41) is 2.98. The number of hydrogen-bond acceptors (Lipinski definition) is 2. The first kappa shape index (κ1) is 13.9. The monoisotopic (exact) mass is 268 g/mol. The van der Waals surface area contributed by atoms with E-state index in [1.54, 1.807) is 18.0 Å². The lowest BCUT2D eigenvalue weighted by atomic mass is 10.1. The minimum Gasteiger partial charge on any atom is -0.344 e. The second-order valence-electron chi connectivity index (χ2n) is 4.99. The highest BCUT2D eigenvalue weighted by Crippen LogP contribution is 2.48. The average molecular weight is 268 g/mol. The van der Waals surface area contributed by atoms with Crippen molar-refractivity contribution in [1.82, 2.24) is 10.2 Å². The number of likely N-dealkylation sites (N-methyl/N-ethyl adjacent to an activating group) is 2. The van der Waals surface area contributed by atoms with Crippen molar-refractivity contribution in [2.75, 3.05) is 27.2 Å². The van der Waals surface area contributed by atoms with Crippen molar-refractivity contribution < 1.29 is 13.6 Å². The van der Waals surface area contributed by atoms with Crippen LogP contribution in [0.25, 0.3) is 0 Å². The number of nitrogens with one attached hydrogen (secondary N) is 1. The number of amides is 1. The minimum absolute atomic E-state index is 0.0274. The molecule has 1 amide bonds. The van der Waals surface area contributed by atoms with Gasteiger partial charge in [0.2, 0.25) is 5.91 Å². The van der Waals surface area contributed by atoms with Crippen LogP contribution in [0.4, 0.5) is 8.78 Å². The molecule has 0 heterocycles. The van der Waals surface area contributed by atoms with Crippen molar-refractivity contribution in [3.8, 4) is 0 Å². The van der Waals surface area contributed by atoms with Crippen LogP contribution < -0.4 is 5.32 Å². The quantitative estimate of drug-likeness (QED) is 0.882. The summed E-state index contributed by atoms with van der Waals surface area (Å²) in [5.74, 6) is -1.69. The van der Waals surface area contributed by atoms with Crippen LogP contribution in [0.5, 0.6) is 0 Å². The van der Waals surface area contributed by atoms with Gasteiger partial charge in [0, 0.05) is 26.1 Å². The maximum absolute atomic E-state index is 13.1. The van der Waals surface area contributed by atoms with Gasteiger partial charge in [-0.3, -0.25) is 4.79 Å². The number of nitrogens with zero attached hydrogens (tertiary/aromatic N) is 1. The van der Waals surface area contributed by atoms with E-state index in [0.717, 1.165) is 12.6 Å². The lowest BCUT2D eigenvalue weighted by molar-refractivity contribution is -0.131. The van der Waals surface area contributed by atoms with Crippen LogP contribution in [0.2, 0.25) is 0 Å². The van der Waals surface area contributed by atoms with E-state index in [0.29, 0.717) is 18.5 Å². The second-order valence-corrected chi connectivity index (χ2v) is 4.99. The molecule has 1 aliphatic rings. The Balaban J connectivity index is 1.96. The van der Waals surface area contributed by atoms with Crippen molar-refractivity contribution in [1.29, 1.82) is 0 Å². The summed E-state index contributed by atoms with van der Waals surface area (Å²) in [6, 6.07) is 3.88. The molecular formula is C14H18F2N2O. The summed E-state index contributed by atoms with van der Waals surface area (Å²) in [5.41, 5.74) is 0.708. The third-order valence-corrected chi connectivity index (χ3v) is 3.55. The zero-order chi connectivity index (χ0) is 14.0. The molecule has 19 heavy (non-hydrogen) atoms. The second kappa shape index (κ2) is 5.65. The fourth-order valence-corrected chi connectivity index (χ4v) is 2.25. The fourth-order valence-electron chi connectivity index (χ4n) is 2.25. The molecule has 1 fully saturated rings. The van der Waals surface area contributed by atoms with Gasteiger partial charge in [0.25, 0.3) is 0 Å². The Morgan fingerprint density at radius 1 is 1.42 bits per heavy atom. The van der Waals surface area contributed by atoms with Gasteiger partial charge in [-0.15, -0.1) is 0 Å². The number of carbonyl (C=O) groups is 1. The molecule has 5 heteroatoms. The van der Waals surface area contributed by atoms with E-state index in [1.165, 1.54) is 6.07 Å². The summed E-state index contributed by atoms with van der Waals surface area (Å²) in [6.07, 6.45) is 0.716. The Morgan fingerprint density at radius 3 is 2.79 bits per heavy atom. The molecular weight excluding hydrogens is 250 g/mol. The molecule has 1 N–H and O–H groups in total. The van der Waals surface area contributed by atoms with Crippen LogP contribution in [0.1, 0.15) is 17.9 Å². The van der Waals surface area contributed by atoms with Crippen molar-refractivity contribution >= 4 is 5.91 Å². The molecule has 0 spiro atoms. The predicted octanol–water partition coefficient (Wildman–Crippen LogP) is 1.75. The van der Waals surface area contributed by atoms with Crippen LogP contribution in [0.3, 0.4) is 0 Å². The van der Waals surface area contributed by atoms with Gasteiger partial charge in [-0.05, 0) is 37.1 Å². The predicted molar refractivity (Wildman–Crippen MR) is 68.8 cm³/mol. The maximum atomic E-state index is 13.1. The Kier molecular flexibility index (Phi) is 4.14. The molecule has 1 aromatic rings. The van der Waals surface area contributed by atoms with E-state index in [2.05, 4.69) is 5.32 Å². The summed E-state index contributed by atoms with van der Waals surface area (Å²) in [6.45, 7) is 1.39. The van der Waals surface area contributed by atoms with E-state index >= 15 is 0 Å². The Labute approximate surface area is 111 Å². The SMILES string of the molecule is CNCCN(C)C(=O)C1CC1c1ccc(F)c(F)c1. The molecule has 1 aromatic carbocycles. The molecule has 3 nitrogen and oxygen atoms in total. The Bertz CT molecular complexity index is 479. The highest BCUT2D eigenvalue weighted by atomic mass is 19.2. The van der Waals surface area contributed by atoms with E-state index in [-0.39, 0.29) is 17.7 Å². The van der Waals surface area contributed by atoms with Crippen LogP contribution in [0, 0.1) is 17.6 Å². The first-order chi connectivity index (χ1) is 9.04. The highest BCUT2D eigenvalue weighted by Gasteiger charge is 2.45. The number of carbonyl (C=O) groups excluding carboxylic acids is 1. The standard InChI is InChI=1S/C14H18F2N2O/c1-17-5-6-18(2)14(19)11-8-10(11)9-3-4-12(15)13(16)7-9/h3-4,7,10-11,17H,5-6,8H2,1-2H3. The number of hydrogen-bond donors (Lipinski definition) is 1. The molecule has 2 unspecified atom stereocenters. The average Bonchev–Trinajstić information content (AvgIpc) is 3.18. The molecule has 1 saturated carbocycles. The number of benzene rings is 1. The molecule has 0 bridgehead atoms. The Hall–Kier alpha value is -1.49. The van der Waals surface area contributed by atoms with Gasteiger partial charge in [0.1, 0.15) is 0 Å². The largest absolute Gasteiger partial charge is 0.344 e. The van der Waals surface area contributed by atoms with E-state index in [9.17, 15) is 13.6 Å². The molecule has 0 aliphatic heterocycles. The van der Waals surface area contributed by atoms with Crippen molar-refractivity contribution in [3.05, 3.63) is 35.4 Å². The van der Waals surface area contributed by atoms with Crippen LogP contribution in [-0.4, -0.2) is 38.0 Å². The van der Waals surface area contributed by atoms with Crippen LogP contribution in [-0.2, 0) is 4.79 Å². The topological polar surface area (TPSA) is 32.3 Å². The fraction of sp³-hybridized carbons (Fsp3) is 0.500. The lowest BCUT2D eigenvalue weighted by Crippen LogP contribution is -2.34. The lowest BCUT2D eigenvalue weighted by Gasteiger charge is -2.16. The van der Waals surface area contributed by atoms with Crippen molar-refractivity contribution in [3.63, 3.8) is 0 Å². The zero-order valence-electron chi connectivity index (χ0n) is 11.1. The van der Waals surface area contributed by atoms with Crippen LogP contribution in [0.15, 0.2) is 18.2 Å². The van der Waals surface area contributed by atoms with Crippen molar-refractivity contribution in [2.45, 2.75) is 12.3 Å². The zero-order valence-corrected chi connectivity index (χ0v) is 11.1. The summed E-state index contributed by atoms with van der Waals surface area (Å²) in [7, 11) is 3.60. The van der Waals surface area contributed by atoms with Gasteiger partial charge in [0.15, 0.2) is 11.6 Å². The summed E-state index contributed by atoms with van der Waals surface area (Å²) >= 11 is 0. The highest BCUT2D eigenvalue weighted by molar-refractivity contribution is 5.82. The van der Waals surface area contributed by atoms with E-state index in [4.69, 9.17) is 0 Å². The molecule has 2 atom stereocenters. The van der Waals surface area contributed by atoms with Gasteiger partial charge in [0.05, 0.1) is 0 Å². The maximum Gasteiger partial charge on any atom is 0.226 e. The van der Waals surface area contributed by atoms with Gasteiger partial charge in [-0.2, -0.15) is 0 Å². The molecule has 0 radical (unpaired) electrons. The number of rotatable bonds is 5. The third kappa shape index (κ3) is 3.10. The van der Waals surface area contributed by atoms with Gasteiger partial charge < -0.3 is 10.2 Å². The Morgan fingerprint density at radius 2 is 2.16 bits per heavy atom.